The summed E-state index contributed by atoms with van der Waals surface area (Å²) in [6.07, 6.45) is 3.36. The van der Waals surface area contributed by atoms with E-state index in [1.54, 1.807) is 23.0 Å². The van der Waals surface area contributed by atoms with Crippen LogP contribution in [-0.4, -0.2) is 11.5 Å². The molecule has 1 aromatic heterocycles. The predicted molar refractivity (Wildman–Crippen MR) is 73.2 cm³/mol. The number of aromatic nitrogens is 1. The first-order valence-electron chi connectivity index (χ1n) is 6.25. The standard InChI is InChI=1S/C14H16F2N2S/c1-2-3-18-13(14-8-17-9-19-14)6-10-4-11(15)7-12(16)5-10/h4-5,7-9,13,18H,2-3,6H2,1H3. The molecule has 1 aromatic carbocycles. The number of nitrogens with zero attached hydrogens (tertiary/aromatic N) is 1. The molecule has 19 heavy (non-hydrogen) atoms. The number of hydrogen-bond acceptors (Lipinski definition) is 3. The largest absolute Gasteiger partial charge is 0.309 e. The summed E-state index contributed by atoms with van der Waals surface area (Å²) in [7, 11) is 0. The first-order chi connectivity index (χ1) is 9.19. The average molecular weight is 282 g/mol. The molecule has 0 saturated heterocycles. The van der Waals surface area contributed by atoms with Crippen molar-refractivity contribution in [2.24, 2.45) is 0 Å². The second-order valence-electron chi connectivity index (χ2n) is 4.39. The zero-order valence-corrected chi connectivity index (χ0v) is 11.5. The van der Waals surface area contributed by atoms with E-state index in [1.807, 2.05) is 0 Å². The quantitative estimate of drug-likeness (QED) is 0.873. The number of hydrogen-bond donors (Lipinski definition) is 1. The van der Waals surface area contributed by atoms with Gasteiger partial charge in [0.1, 0.15) is 11.6 Å². The van der Waals surface area contributed by atoms with Crippen LogP contribution in [0, 0.1) is 11.6 Å². The highest BCUT2D eigenvalue weighted by Gasteiger charge is 2.14. The van der Waals surface area contributed by atoms with Crippen LogP contribution in [-0.2, 0) is 6.42 Å². The van der Waals surface area contributed by atoms with Gasteiger partial charge in [0.15, 0.2) is 0 Å². The van der Waals surface area contributed by atoms with E-state index in [0.29, 0.717) is 12.0 Å². The molecular formula is C14H16F2N2S. The molecule has 0 amide bonds. The molecule has 1 atom stereocenters. The van der Waals surface area contributed by atoms with E-state index in [0.717, 1.165) is 23.9 Å². The fourth-order valence-corrected chi connectivity index (χ4v) is 2.65. The molecular weight excluding hydrogens is 266 g/mol. The lowest BCUT2D eigenvalue weighted by atomic mass is 10.0. The van der Waals surface area contributed by atoms with E-state index in [1.165, 1.54) is 12.1 Å². The van der Waals surface area contributed by atoms with E-state index < -0.39 is 11.6 Å². The molecule has 2 aromatic rings. The summed E-state index contributed by atoms with van der Waals surface area (Å²) in [6.45, 7) is 2.94. The molecule has 0 aliphatic heterocycles. The highest BCUT2D eigenvalue weighted by Crippen LogP contribution is 2.22. The van der Waals surface area contributed by atoms with Crippen LogP contribution in [0.25, 0.3) is 0 Å². The molecule has 102 valence electrons. The van der Waals surface area contributed by atoms with Crippen LogP contribution >= 0.6 is 11.3 Å². The van der Waals surface area contributed by atoms with Gasteiger partial charge in [-0.3, -0.25) is 4.98 Å². The van der Waals surface area contributed by atoms with E-state index >= 15 is 0 Å². The first-order valence-corrected chi connectivity index (χ1v) is 7.13. The third kappa shape index (κ3) is 4.08. The third-order valence-electron chi connectivity index (χ3n) is 2.80. The van der Waals surface area contributed by atoms with Crippen LogP contribution in [0.3, 0.4) is 0 Å². The van der Waals surface area contributed by atoms with Crippen LogP contribution < -0.4 is 5.32 Å². The lowest BCUT2D eigenvalue weighted by molar-refractivity contribution is 0.528. The Labute approximate surface area is 115 Å². The SMILES string of the molecule is CCCNC(Cc1cc(F)cc(F)c1)c1cncs1. The zero-order valence-electron chi connectivity index (χ0n) is 10.7. The maximum atomic E-state index is 13.2. The Morgan fingerprint density at radius 3 is 2.58 bits per heavy atom. The Kier molecular flexibility index (Phi) is 4.99. The summed E-state index contributed by atoms with van der Waals surface area (Å²) in [5, 5.41) is 3.38. The summed E-state index contributed by atoms with van der Waals surface area (Å²) >= 11 is 1.55. The van der Waals surface area contributed by atoms with Crippen LogP contribution in [0.15, 0.2) is 29.9 Å². The molecule has 1 N–H and O–H groups in total. The van der Waals surface area contributed by atoms with E-state index in [9.17, 15) is 8.78 Å². The second kappa shape index (κ2) is 6.73. The first kappa shape index (κ1) is 14.1. The minimum Gasteiger partial charge on any atom is -0.309 e. The fourth-order valence-electron chi connectivity index (χ4n) is 1.95. The third-order valence-corrected chi connectivity index (χ3v) is 3.69. The van der Waals surface area contributed by atoms with Crippen molar-refractivity contribution >= 4 is 11.3 Å². The van der Waals surface area contributed by atoms with Crippen molar-refractivity contribution in [3.05, 3.63) is 52.0 Å². The number of thiazole rings is 1. The van der Waals surface area contributed by atoms with Crippen molar-refractivity contribution in [2.75, 3.05) is 6.54 Å². The maximum Gasteiger partial charge on any atom is 0.126 e. The van der Waals surface area contributed by atoms with Crippen molar-refractivity contribution in [3.8, 4) is 0 Å². The highest BCUT2D eigenvalue weighted by atomic mass is 32.1. The summed E-state index contributed by atoms with van der Waals surface area (Å²) < 4.78 is 26.4. The van der Waals surface area contributed by atoms with Gasteiger partial charge >= 0.3 is 0 Å². The number of benzene rings is 1. The van der Waals surface area contributed by atoms with Gasteiger partial charge in [0.05, 0.1) is 5.51 Å². The predicted octanol–water partition coefficient (Wildman–Crippen LogP) is 3.70. The number of nitrogens with one attached hydrogen (secondary N) is 1. The lowest BCUT2D eigenvalue weighted by Crippen LogP contribution is -2.23. The molecule has 0 aliphatic rings. The molecule has 0 fully saturated rings. The molecule has 0 spiro atoms. The topological polar surface area (TPSA) is 24.9 Å². The molecule has 2 rings (SSSR count). The Bertz CT molecular complexity index is 494. The van der Waals surface area contributed by atoms with Gasteiger partial charge in [-0.05, 0) is 37.1 Å². The van der Waals surface area contributed by atoms with Crippen LogP contribution in [0.2, 0.25) is 0 Å². The maximum absolute atomic E-state index is 13.2. The molecule has 2 nitrogen and oxygen atoms in total. The zero-order chi connectivity index (χ0) is 13.7. The molecule has 0 radical (unpaired) electrons. The Morgan fingerprint density at radius 1 is 1.26 bits per heavy atom. The van der Waals surface area contributed by atoms with Gasteiger partial charge in [-0.25, -0.2) is 8.78 Å². The molecule has 0 aliphatic carbocycles. The average Bonchev–Trinajstić information content (AvgIpc) is 2.87. The minimum absolute atomic E-state index is 0.0497. The second-order valence-corrected chi connectivity index (χ2v) is 5.31. The van der Waals surface area contributed by atoms with Gasteiger partial charge in [-0.15, -0.1) is 11.3 Å². The molecule has 1 heterocycles. The summed E-state index contributed by atoms with van der Waals surface area (Å²) in [6, 6.07) is 3.70. The summed E-state index contributed by atoms with van der Waals surface area (Å²) in [5.74, 6) is -1.07. The number of rotatable bonds is 6. The monoisotopic (exact) mass is 282 g/mol. The Morgan fingerprint density at radius 2 is 2.00 bits per heavy atom. The molecule has 1 unspecified atom stereocenters. The van der Waals surface area contributed by atoms with Crippen molar-refractivity contribution in [1.82, 2.24) is 10.3 Å². The number of halogens is 2. The van der Waals surface area contributed by atoms with Crippen LogP contribution in [0.1, 0.15) is 29.8 Å². The van der Waals surface area contributed by atoms with Gasteiger partial charge in [-0.2, -0.15) is 0 Å². The summed E-state index contributed by atoms with van der Waals surface area (Å²) in [4.78, 5) is 5.14. The Hall–Kier alpha value is -1.33. The van der Waals surface area contributed by atoms with Gasteiger partial charge < -0.3 is 5.32 Å². The van der Waals surface area contributed by atoms with Crippen LogP contribution in [0.5, 0.6) is 0 Å². The minimum atomic E-state index is -0.534. The van der Waals surface area contributed by atoms with E-state index in [4.69, 9.17) is 0 Å². The van der Waals surface area contributed by atoms with Gasteiger partial charge in [0, 0.05) is 23.2 Å². The molecule has 0 saturated carbocycles. The smallest absolute Gasteiger partial charge is 0.126 e. The van der Waals surface area contributed by atoms with Crippen molar-refractivity contribution in [1.29, 1.82) is 0 Å². The van der Waals surface area contributed by atoms with Gasteiger partial charge in [0.25, 0.3) is 0 Å². The highest BCUT2D eigenvalue weighted by molar-refractivity contribution is 7.09. The van der Waals surface area contributed by atoms with Gasteiger partial charge in [-0.1, -0.05) is 6.92 Å². The lowest BCUT2D eigenvalue weighted by Gasteiger charge is -2.17. The van der Waals surface area contributed by atoms with Crippen molar-refractivity contribution in [3.63, 3.8) is 0 Å². The fraction of sp³-hybridized carbons (Fsp3) is 0.357. The van der Waals surface area contributed by atoms with E-state index in [-0.39, 0.29) is 6.04 Å². The Balaban J connectivity index is 2.15. The van der Waals surface area contributed by atoms with Gasteiger partial charge in [0.2, 0.25) is 0 Å². The molecule has 0 bridgehead atoms. The van der Waals surface area contributed by atoms with Crippen LogP contribution in [0.4, 0.5) is 8.78 Å². The van der Waals surface area contributed by atoms with E-state index in [2.05, 4.69) is 17.2 Å². The van der Waals surface area contributed by atoms with Crippen molar-refractivity contribution in [2.45, 2.75) is 25.8 Å². The summed E-state index contributed by atoms with van der Waals surface area (Å²) in [5.41, 5.74) is 2.42. The normalized spacial score (nSPS) is 12.6. The van der Waals surface area contributed by atoms with Crippen molar-refractivity contribution < 1.29 is 8.78 Å². The molecule has 5 heteroatoms.